The molecule has 6 nitrogen and oxygen atoms in total. The van der Waals surface area contributed by atoms with Crippen LogP contribution in [0.5, 0.6) is 0 Å². The predicted molar refractivity (Wildman–Crippen MR) is 85.2 cm³/mol. The molecule has 1 atom stereocenters. The first-order valence-corrected chi connectivity index (χ1v) is 7.71. The summed E-state index contributed by atoms with van der Waals surface area (Å²) in [6.45, 7) is 6.36. The summed E-state index contributed by atoms with van der Waals surface area (Å²) in [4.78, 5) is 11.4. The highest BCUT2D eigenvalue weighted by molar-refractivity contribution is 5.72. The number of carbonyl (C=O) groups is 1. The Morgan fingerprint density at radius 2 is 1.64 bits per heavy atom. The number of aliphatic hydroxyl groups excluding tert-OH is 4. The van der Waals surface area contributed by atoms with E-state index in [1.54, 1.807) is 6.08 Å². The van der Waals surface area contributed by atoms with Crippen molar-refractivity contribution in [3.63, 3.8) is 0 Å². The second kappa shape index (κ2) is 15.0. The largest absolute Gasteiger partial charge is 0.461 e. The summed E-state index contributed by atoms with van der Waals surface area (Å²) >= 11 is 0. The van der Waals surface area contributed by atoms with Crippen molar-refractivity contribution in [2.75, 3.05) is 33.0 Å². The maximum absolute atomic E-state index is 11.4. The SMILES string of the molecule is C=CCOC(=O)C(CC)CCCC.OCC(CO)(CO)CO. The third-order valence-corrected chi connectivity index (χ3v) is 3.42. The van der Waals surface area contributed by atoms with E-state index in [1.165, 1.54) is 0 Å². The first-order valence-electron chi connectivity index (χ1n) is 7.71. The minimum Gasteiger partial charge on any atom is -0.461 e. The molecule has 0 saturated carbocycles. The zero-order chi connectivity index (χ0) is 17.4. The molecule has 0 rings (SSSR count). The maximum atomic E-state index is 11.4. The second-order valence-corrected chi connectivity index (χ2v) is 5.30. The Bertz CT molecular complexity index is 258. The molecule has 1 unspecified atom stereocenters. The monoisotopic (exact) mass is 320 g/mol. The molecule has 0 fully saturated rings. The molecular weight excluding hydrogens is 288 g/mol. The number of hydrogen-bond donors (Lipinski definition) is 4. The summed E-state index contributed by atoms with van der Waals surface area (Å²) in [5, 5.41) is 34.0. The summed E-state index contributed by atoms with van der Waals surface area (Å²) in [5.74, 6) is 0.00995. The minimum absolute atomic E-state index is 0.0733. The fourth-order valence-corrected chi connectivity index (χ4v) is 1.50. The predicted octanol–water partition coefficient (Wildman–Crippen LogP) is 0.874. The van der Waals surface area contributed by atoms with E-state index in [0.717, 1.165) is 25.7 Å². The Morgan fingerprint density at radius 1 is 1.14 bits per heavy atom. The summed E-state index contributed by atoms with van der Waals surface area (Å²) in [7, 11) is 0. The highest BCUT2D eigenvalue weighted by Gasteiger charge is 2.26. The quantitative estimate of drug-likeness (QED) is 0.332. The van der Waals surface area contributed by atoms with E-state index in [-0.39, 0.29) is 11.9 Å². The van der Waals surface area contributed by atoms with Gasteiger partial charge < -0.3 is 25.2 Å². The van der Waals surface area contributed by atoms with Gasteiger partial charge in [0.25, 0.3) is 0 Å². The lowest BCUT2D eigenvalue weighted by Gasteiger charge is -2.23. The summed E-state index contributed by atoms with van der Waals surface area (Å²) in [5.41, 5.74) is -1.11. The van der Waals surface area contributed by atoms with Gasteiger partial charge in [0.1, 0.15) is 6.61 Å². The Morgan fingerprint density at radius 3 is 1.91 bits per heavy atom. The van der Waals surface area contributed by atoms with Gasteiger partial charge in [-0.2, -0.15) is 0 Å². The van der Waals surface area contributed by atoms with Crippen molar-refractivity contribution in [1.82, 2.24) is 0 Å². The van der Waals surface area contributed by atoms with Crippen LogP contribution in [-0.4, -0.2) is 59.4 Å². The van der Waals surface area contributed by atoms with Gasteiger partial charge in [0.15, 0.2) is 0 Å². The van der Waals surface area contributed by atoms with E-state index in [9.17, 15) is 4.79 Å². The van der Waals surface area contributed by atoms with Gasteiger partial charge in [0.2, 0.25) is 0 Å². The summed E-state index contributed by atoms with van der Waals surface area (Å²) < 4.78 is 4.98. The maximum Gasteiger partial charge on any atom is 0.309 e. The molecule has 0 heterocycles. The molecule has 0 saturated heterocycles. The number of unbranched alkanes of at least 4 members (excludes halogenated alkanes) is 1. The van der Waals surface area contributed by atoms with Gasteiger partial charge in [-0.1, -0.05) is 39.3 Å². The van der Waals surface area contributed by atoms with Gasteiger partial charge in [0, 0.05) is 0 Å². The van der Waals surface area contributed by atoms with Crippen molar-refractivity contribution < 1.29 is 30.0 Å². The average Bonchev–Trinajstić information content (AvgIpc) is 2.57. The van der Waals surface area contributed by atoms with Crippen molar-refractivity contribution >= 4 is 5.97 Å². The first-order chi connectivity index (χ1) is 10.5. The fraction of sp³-hybridized carbons (Fsp3) is 0.812. The van der Waals surface area contributed by atoms with E-state index < -0.39 is 31.8 Å². The number of esters is 1. The molecule has 6 heteroatoms. The molecule has 132 valence electrons. The zero-order valence-corrected chi connectivity index (χ0v) is 13.8. The van der Waals surface area contributed by atoms with E-state index in [2.05, 4.69) is 13.5 Å². The molecule has 0 radical (unpaired) electrons. The van der Waals surface area contributed by atoms with E-state index in [4.69, 9.17) is 25.2 Å². The lowest BCUT2D eigenvalue weighted by Crippen LogP contribution is -2.37. The van der Waals surface area contributed by atoms with Gasteiger partial charge in [-0.15, -0.1) is 0 Å². The first kappa shape index (κ1) is 23.3. The van der Waals surface area contributed by atoms with Crippen LogP contribution < -0.4 is 0 Å². The van der Waals surface area contributed by atoms with Crippen molar-refractivity contribution in [3.8, 4) is 0 Å². The van der Waals surface area contributed by atoms with Crippen molar-refractivity contribution in [2.45, 2.75) is 39.5 Å². The average molecular weight is 320 g/mol. The lowest BCUT2D eigenvalue weighted by molar-refractivity contribution is -0.147. The molecule has 0 bridgehead atoms. The third-order valence-electron chi connectivity index (χ3n) is 3.42. The smallest absolute Gasteiger partial charge is 0.309 e. The van der Waals surface area contributed by atoms with Gasteiger partial charge in [-0.3, -0.25) is 4.79 Å². The molecule has 0 spiro atoms. The molecule has 0 aliphatic carbocycles. The zero-order valence-electron chi connectivity index (χ0n) is 13.8. The van der Waals surface area contributed by atoms with Crippen LogP contribution in [0.4, 0.5) is 0 Å². The number of ether oxygens (including phenoxy) is 1. The van der Waals surface area contributed by atoms with E-state index in [0.29, 0.717) is 6.61 Å². The fourth-order valence-electron chi connectivity index (χ4n) is 1.50. The molecule has 22 heavy (non-hydrogen) atoms. The van der Waals surface area contributed by atoms with Crippen molar-refractivity contribution in [3.05, 3.63) is 12.7 Å². The van der Waals surface area contributed by atoms with Gasteiger partial charge in [-0.05, 0) is 12.8 Å². The highest BCUT2D eigenvalue weighted by atomic mass is 16.5. The Hall–Kier alpha value is -0.950. The third kappa shape index (κ3) is 9.89. The summed E-state index contributed by atoms with van der Waals surface area (Å²) in [6.07, 6.45) is 5.65. The number of aliphatic hydroxyl groups is 4. The molecule has 0 aromatic heterocycles. The van der Waals surface area contributed by atoms with E-state index >= 15 is 0 Å². The van der Waals surface area contributed by atoms with Crippen LogP contribution in [0.3, 0.4) is 0 Å². The molecule has 0 aromatic rings. The normalized spacial score (nSPS) is 12.1. The Balaban J connectivity index is 0. The lowest BCUT2D eigenvalue weighted by atomic mass is 9.93. The molecular formula is C16H32O6. The van der Waals surface area contributed by atoms with Crippen LogP contribution in [-0.2, 0) is 9.53 Å². The van der Waals surface area contributed by atoms with Gasteiger partial charge >= 0.3 is 5.97 Å². The molecule has 0 aliphatic rings. The van der Waals surface area contributed by atoms with Crippen LogP contribution in [0.25, 0.3) is 0 Å². The summed E-state index contributed by atoms with van der Waals surface area (Å²) in [6, 6.07) is 0. The number of rotatable bonds is 11. The standard InChI is InChI=1S/C11H20O2.C5H12O4/c1-4-7-8-10(6-3)11(12)13-9-5-2;6-1-5(2-7,3-8)4-9/h5,10H,2,4,6-9H2,1,3H3;6-9H,1-4H2. The van der Waals surface area contributed by atoms with Crippen LogP contribution in [0.15, 0.2) is 12.7 Å². The van der Waals surface area contributed by atoms with Crippen LogP contribution in [0.1, 0.15) is 39.5 Å². The Kier molecular flexibility index (Phi) is 15.9. The number of carbonyl (C=O) groups excluding carboxylic acids is 1. The van der Waals surface area contributed by atoms with Crippen molar-refractivity contribution in [1.29, 1.82) is 0 Å². The second-order valence-electron chi connectivity index (χ2n) is 5.30. The van der Waals surface area contributed by atoms with Crippen molar-refractivity contribution in [2.24, 2.45) is 11.3 Å². The van der Waals surface area contributed by atoms with Crippen LogP contribution >= 0.6 is 0 Å². The van der Waals surface area contributed by atoms with Crippen LogP contribution in [0, 0.1) is 11.3 Å². The molecule has 0 amide bonds. The number of hydrogen-bond acceptors (Lipinski definition) is 6. The molecule has 0 aromatic carbocycles. The molecule has 0 aliphatic heterocycles. The Labute approximate surface area is 133 Å². The topological polar surface area (TPSA) is 107 Å². The van der Waals surface area contributed by atoms with Gasteiger partial charge in [0.05, 0.1) is 37.8 Å². The van der Waals surface area contributed by atoms with E-state index in [1.807, 2.05) is 6.92 Å². The highest BCUT2D eigenvalue weighted by Crippen LogP contribution is 2.14. The van der Waals surface area contributed by atoms with Gasteiger partial charge in [-0.25, -0.2) is 0 Å². The molecule has 4 N–H and O–H groups in total. The minimum atomic E-state index is -1.11. The van der Waals surface area contributed by atoms with Crippen LogP contribution in [0.2, 0.25) is 0 Å².